The van der Waals surface area contributed by atoms with E-state index >= 15 is 0 Å². The summed E-state index contributed by atoms with van der Waals surface area (Å²) >= 11 is 0. The average molecular weight is 236 g/mol. The van der Waals surface area contributed by atoms with Crippen LogP contribution in [0.1, 0.15) is 49.3 Å². The highest BCUT2D eigenvalue weighted by molar-refractivity contribution is 5.26. The van der Waals surface area contributed by atoms with Crippen molar-refractivity contribution in [2.45, 2.75) is 45.1 Å². The van der Waals surface area contributed by atoms with E-state index in [0.29, 0.717) is 5.92 Å². The Morgan fingerprint density at radius 3 is 2.53 bits per heavy atom. The van der Waals surface area contributed by atoms with Crippen molar-refractivity contribution in [3.63, 3.8) is 0 Å². The van der Waals surface area contributed by atoms with Crippen molar-refractivity contribution in [3.8, 4) is 0 Å². The first-order valence-corrected chi connectivity index (χ1v) is 6.44. The van der Waals surface area contributed by atoms with Crippen LogP contribution in [0.4, 0.5) is 4.39 Å². The quantitative estimate of drug-likeness (QED) is 0.624. The zero-order chi connectivity index (χ0) is 12.3. The summed E-state index contributed by atoms with van der Waals surface area (Å²) in [7, 11) is 0. The van der Waals surface area contributed by atoms with Crippen LogP contribution in [0.25, 0.3) is 0 Å². The van der Waals surface area contributed by atoms with Gasteiger partial charge in [0, 0.05) is 6.04 Å². The molecule has 1 aliphatic rings. The molecular weight excluding hydrogens is 215 g/mol. The zero-order valence-electron chi connectivity index (χ0n) is 10.4. The maximum absolute atomic E-state index is 13.4. The highest BCUT2D eigenvalue weighted by atomic mass is 19.1. The van der Waals surface area contributed by atoms with E-state index in [-0.39, 0.29) is 11.9 Å². The molecule has 17 heavy (non-hydrogen) atoms. The van der Waals surface area contributed by atoms with Gasteiger partial charge in [-0.1, -0.05) is 25.3 Å². The van der Waals surface area contributed by atoms with Gasteiger partial charge in [0.1, 0.15) is 5.82 Å². The Balaban J connectivity index is 2.21. The molecule has 3 N–H and O–H groups in total. The number of nitrogens with one attached hydrogen (secondary N) is 1. The largest absolute Gasteiger partial charge is 0.271 e. The number of nitrogens with two attached hydrogens (primary N) is 1. The lowest BCUT2D eigenvalue weighted by atomic mass is 9.81. The molecule has 1 fully saturated rings. The fourth-order valence-corrected chi connectivity index (χ4v) is 2.92. The predicted octanol–water partition coefficient (Wildman–Crippen LogP) is 3.22. The second-order valence-electron chi connectivity index (χ2n) is 5.10. The van der Waals surface area contributed by atoms with E-state index in [1.54, 1.807) is 12.1 Å². The number of halogens is 1. The molecule has 1 aromatic rings. The number of hydrogen-bond donors (Lipinski definition) is 2. The molecule has 0 spiro atoms. The van der Waals surface area contributed by atoms with Crippen LogP contribution in [-0.2, 0) is 0 Å². The monoisotopic (exact) mass is 236 g/mol. The molecule has 0 saturated heterocycles. The molecule has 0 aromatic heterocycles. The van der Waals surface area contributed by atoms with Crippen LogP contribution in [0.3, 0.4) is 0 Å². The smallest absolute Gasteiger partial charge is 0.123 e. The molecule has 2 nitrogen and oxygen atoms in total. The molecule has 94 valence electrons. The van der Waals surface area contributed by atoms with E-state index in [1.165, 1.54) is 32.1 Å². The van der Waals surface area contributed by atoms with Crippen LogP contribution >= 0.6 is 0 Å². The van der Waals surface area contributed by atoms with Crippen molar-refractivity contribution in [2.24, 2.45) is 11.8 Å². The highest BCUT2D eigenvalue weighted by Crippen LogP contribution is 2.34. The van der Waals surface area contributed by atoms with Crippen molar-refractivity contribution < 1.29 is 4.39 Å². The van der Waals surface area contributed by atoms with Crippen LogP contribution in [-0.4, -0.2) is 0 Å². The minimum atomic E-state index is -0.170. The van der Waals surface area contributed by atoms with Gasteiger partial charge in [-0.15, -0.1) is 0 Å². The average Bonchev–Trinajstić information content (AvgIpc) is 2.30. The molecule has 1 atom stereocenters. The minimum Gasteiger partial charge on any atom is -0.271 e. The molecule has 1 unspecified atom stereocenters. The molecule has 3 heteroatoms. The van der Waals surface area contributed by atoms with Crippen molar-refractivity contribution in [1.29, 1.82) is 0 Å². The summed E-state index contributed by atoms with van der Waals surface area (Å²) in [5, 5.41) is 0. The molecule has 0 amide bonds. The summed E-state index contributed by atoms with van der Waals surface area (Å²) in [6.07, 6.45) is 6.21. The van der Waals surface area contributed by atoms with Gasteiger partial charge in [-0.05, 0) is 48.9 Å². The van der Waals surface area contributed by atoms with Gasteiger partial charge in [-0.25, -0.2) is 4.39 Å². The summed E-state index contributed by atoms with van der Waals surface area (Å²) < 4.78 is 13.4. The van der Waals surface area contributed by atoms with E-state index in [4.69, 9.17) is 5.84 Å². The Kier molecular flexibility index (Phi) is 4.13. The number of hydrogen-bond acceptors (Lipinski definition) is 2. The topological polar surface area (TPSA) is 38.0 Å². The van der Waals surface area contributed by atoms with E-state index in [0.717, 1.165) is 11.1 Å². The first-order chi connectivity index (χ1) is 8.20. The van der Waals surface area contributed by atoms with Crippen molar-refractivity contribution in [1.82, 2.24) is 5.43 Å². The Labute approximate surface area is 102 Å². The van der Waals surface area contributed by atoms with E-state index in [2.05, 4.69) is 5.43 Å². The van der Waals surface area contributed by atoms with E-state index < -0.39 is 0 Å². The van der Waals surface area contributed by atoms with E-state index in [9.17, 15) is 4.39 Å². The Morgan fingerprint density at radius 1 is 1.24 bits per heavy atom. The lowest BCUT2D eigenvalue weighted by Gasteiger charge is -2.30. The Hall–Kier alpha value is -0.930. The zero-order valence-corrected chi connectivity index (χ0v) is 10.4. The van der Waals surface area contributed by atoms with Crippen LogP contribution in [0, 0.1) is 18.7 Å². The van der Waals surface area contributed by atoms with Crippen LogP contribution < -0.4 is 11.3 Å². The lowest BCUT2D eigenvalue weighted by Crippen LogP contribution is -2.34. The standard InChI is InChI=1S/C14H21FN2/c1-10-7-12(9-13(15)8-10)14(17-16)11-5-3-2-4-6-11/h7-9,11,14,17H,2-6,16H2,1H3. The first kappa shape index (κ1) is 12.5. The molecule has 1 aromatic carbocycles. The van der Waals surface area contributed by atoms with Gasteiger partial charge in [0.15, 0.2) is 0 Å². The second kappa shape index (κ2) is 5.61. The van der Waals surface area contributed by atoms with Gasteiger partial charge >= 0.3 is 0 Å². The number of hydrazine groups is 1. The Morgan fingerprint density at radius 2 is 1.94 bits per heavy atom. The summed E-state index contributed by atoms with van der Waals surface area (Å²) in [6, 6.07) is 5.27. The van der Waals surface area contributed by atoms with Gasteiger partial charge in [0.25, 0.3) is 0 Å². The van der Waals surface area contributed by atoms with Crippen LogP contribution in [0.15, 0.2) is 18.2 Å². The summed E-state index contributed by atoms with van der Waals surface area (Å²) in [4.78, 5) is 0. The van der Waals surface area contributed by atoms with Gasteiger partial charge in [-0.3, -0.25) is 11.3 Å². The third-order valence-corrected chi connectivity index (χ3v) is 3.72. The van der Waals surface area contributed by atoms with Crippen molar-refractivity contribution >= 4 is 0 Å². The molecule has 0 bridgehead atoms. The normalized spacial score (nSPS) is 19.2. The summed E-state index contributed by atoms with van der Waals surface area (Å²) in [5.41, 5.74) is 4.81. The number of benzene rings is 1. The number of aryl methyl sites for hydroxylation is 1. The molecule has 0 aliphatic heterocycles. The number of rotatable bonds is 3. The predicted molar refractivity (Wildman–Crippen MR) is 67.8 cm³/mol. The van der Waals surface area contributed by atoms with Crippen LogP contribution in [0.5, 0.6) is 0 Å². The second-order valence-corrected chi connectivity index (χ2v) is 5.10. The molecule has 2 rings (SSSR count). The molecular formula is C14H21FN2. The van der Waals surface area contributed by atoms with Crippen LogP contribution in [0.2, 0.25) is 0 Å². The van der Waals surface area contributed by atoms with Gasteiger partial charge in [0.2, 0.25) is 0 Å². The highest BCUT2D eigenvalue weighted by Gasteiger charge is 2.24. The van der Waals surface area contributed by atoms with Crippen molar-refractivity contribution in [3.05, 3.63) is 35.1 Å². The van der Waals surface area contributed by atoms with Gasteiger partial charge in [0.05, 0.1) is 0 Å². The fourth-order valence-electron chi connectivity index (χ4n) is 2.92. The molecule has 0 heterocycles. The SMILES string of the molecule is Cc1cc(F)cc(C(NN)C2CCCCC2)c1. The van der Waals surface area contributed by atoms with Gasteiger partial charge < -0.3 is 0 Å². The maximum Gasteiger partial charge on any atom is 0.123 e. The minimum absolute atomic E-state index is 0.0877. The lowest BCUT2D eigenvalue weighted by molar-refractivity contribution is 0.273. The van der Waals surface area contributed by atoms with Crippen molar-refractivity contribution in [2.75, 3.05) is 0 Å². The third kappa shape index (κ3) is 3.05. The molecule has 1 saturated carbocycles. The molecule has 0 radical (unpaired) electrons. The first-order valence-electron chi connectivity index (χ1n) is 6.44. The fraction of sp³-hybridized carbons (Fsp3) is 0.571. The maximum atomic E-state index is 13.4. The Bertz CT molecular complexity index is 352. The third-order valence-electron chi connectivity index (χ3n) is 3.72. The molecule has 1 aliphatic carbocycles. The summed E-state index contributed by atoms with van der Waals surface area (Å²) in [5.74, 6) is 6.03. The summed E-state index contributed by atoms with van der Waals surface area (Å²) in [6.45, 7) is 1.92. The van der Waals surface area contributed by atoms with E-state index in [1.807, 2.05) is 13.0 Å². The van der Waals surface area contributed by atoms with Gasteiger partial charge in [-0.2, -0.15) is 0 Å².